The fourth-order valence-corrected chi connectivity index (χ4v) is 3.42. The lowest BCUT2D eigenvalue weighted by Gasteiger charge is -2.20. The zero-order valence-corrected chi connectivity index (χ0v) is 36.6. The Hall–Kier alpha value is -5.13. The van der Waals surface area contributed by atoms with E-state index in [1.54, 1.807) is 0 Å². The summed E-state index contributed by atoms with van der Waals surface area (Å²) in [5.74, 6) is -8.98. The molecule has 0 saturated carbocycles. The Kier molecular flexibility index (Phi) is 46.6. The quantitative estimate of drug-likeness (QED) is 0.0319. The Bertz CT molecular complexity index is 1330. The molecule has 0 aromatic carbocycles. The normalized spacial score (nSPS) is 14.3. The second kappa shape index (κ2) is 42.2. The molecule has 26 N–H and O–H groups in total. The number of hydrogen-bond acceptors (Lipinski definition) is 19. The molecule has 0 rings (SSSR count). The van der Waals surface area contributed by atoms with E-state index >= 15 is 0 Å². The van der Waals surface area contributed by atoms with Gasteiger partial charge in [0.25, 0.3) is 0 Å². The molecule has 0 fully saturated rings. The van der Waals surface area contributed by atoms with Crippen molar-refractivity contribution in [1.82, 2.24) is 0 Å². The largest absolute Gasteiger partial charge is 0.481 e. The monoisotopic (exact) mass is 922 g/mol. The minimum atomic E-state index is -1.29. The lowest BCUT2D eigenvalue weighted by atomic mass is 10.0. The van der Waals surface area contributed by atoms with Crippen molar-refractivity contribution in [1.29, 1.82) is 0 Å². The molecule has 0 aromatic heterocycles. The van der Waals surface area contributed by atoms with E-state index in [0.717, 1.165) is 19.3 Å². The van der Waals surface area contributed by atoms with Crippen LogP contribution in [-0.4, -0.2) is 156 Å². The second-order valence-electron chi connectivity index (χ2n) is 14.0. The zero-order chi connectivity index (χ0) is 51.2. The summed E-state index contributed by atoms with van der Waals surface area (Å²) in [7, 11) is 0. The molecule has 0 spiro atoms. The summed E-state index contributed by atoms with van der Waals surface area (Å²) in [4.78, 5) is 91.8. The molecule has 9 atom stereocenters. The van der Waals surface area contributed by atoms with Crippen molar-refractivity contribution < 1.29 is 88.7 Å². The molecular formula is C36H75N9O18. The smallest absolute Gasteiger partial charge is 0.324 e. The maximum absolute atomic E-state index is 11.4. The Balaban J connectivity index is -0.000000157. The van der Waals surface area contributed by atoms with E-state index in [9.17, 15) is 43.2 Å². The van der Waals surface area contributed by atoms with Crippen molar-refractivity contribution >= 4 is 53.7 Å². The molecule has 0 aliphatic carbocycles. The first-order valence-corrected chi connectivity index (χ1v) is 19.5. The maximum Gasteiger partial charge on any atom is 0.324 e. The third-order valence-electron chi connectivity index (χ3n) is 7.68. The topological polar surface area (TPSA) is 559 Å². The van der Waals surface area contributed by atoms with E-state index in [1.165, 1.54) is 6.92 Å². The first kappa shape index (κ1) is 69.6. The van der Waals surface area contributed by atoms with Crippen molar-refractivity contribution in [3.8, 4) is 0 Å². The molecule has 27 heteroatoms. The van der Waals surface area contributed by atoms with Crippen LogP contribution in [0.3, 0.4) is 0 Å². The number of carboxylic acid groups (broad SMARTS) is 8. The van der Waals surface area contributed by atoms with Crippen LogP contribution in [0.5, 0.6) is 0 Å². The van der Waals surface area contributed by atoms with Crippen LogP contribution in [0.15, 0.2) is 0 Å². The van der Waals surface area contributed by atoms with Crippen LogP contribution in [-0.2, 0) is 47.9 Å². The van der Waals surface area contributed by atoms with Crippen molar-refractivity contribution in [2.75, 3.05) is 13.1 Å². The summed E-state index contributed by atoms with van der Waals surface area (Å²) in [5.41, 5.74) is 46.7. The van der Waals surface area contributed by atoms with E-state index in [0.29, 0.717) is 38.8 Å². The van der Waals surface area contributed by atoms with Gasteiger partial charge in [0.15, 0.2) is 0 Å². The standard InChI is InChI=1S/C10H20N2O4.C6H14N2O2.C6H13NO2.C5H12N2O2.C5H9NO4.C4H7NO4/c1-5(2)4-7(11)10(15)16-6(3)8(12)9(13)14;7-4-2-1-3-5(8)6(9)10;1-3-4(2)5(7)6(8)9;6-3-1-2-4(7)5(8)9;6-3(5(9)10)1-2-4(7)8;5-2(4(8)9)1-3(6)7/h5-8H,4,11-12H2,1-3H3,(H,13,14);5H,1-4,7-8H2,(H,9,10);4-5H,3,7H2,1-2H3,(H,8,9);4H,1-3,6-7H2,(H,8,9);3H,1-2,6H2,(H,7,8)(H,9,10);2H,1,5H2,(H,6,7)(H,8,9)/t6-,7+,8+;5-;4-,5-;;3-;2-/m100.00/s1. The van der Waals surface area contributed by atoms with Gasteiger partial charge in [-0.25, -0.2) is 0 Å². The van der Waals surface area contributed by atoms with Gasteiger partial charge < -0.3 is 97.2 Å². The van der Waals surface area contributed by atoms with Gasteiger partial charge in [-0.3, -0.25) is 43.2 Å². The van der Waals surface area contributed by atoms with E-state index in [1.807, 2.05) is 27.7 Å². The summed E-state index contributed by atoms with van der Waals surface area (Å²) in [6, 6.07) is -6.47. The van der Waals surface area contributed by atoms with Gasteiger partial charge in [0.1, 0.15) is 48.4 Å². The Labute approximate surface area is 366 Å². The molecule has 0 aromatic rings. The van der Waals surface area contributed by atoms with Crippen LogP contribution in [0.4, 0.5) is 0 Å². The van der Waals surface area contributed by atoms with Crippen molar-refractivity contribution in [2.45, 2.75) is 147 Å². The number of carboxylic acids is 8. The van der Waals surface area contributed by atoms with Crippen LogP contribution < -0.4 is 51.6 Å². The van der Waals surface area contributed by atoms with Crippen LogP contribution in [0.2, 0.25) is 0 Å². The van der Waals surface area contributed by atoms with Gasteiger partial charge in [-0.05, 0) is 70.4 Å². The summed E-state index contributed by atoms with van der Waals surface area (Å²) in [6.07, 6.45) is 2.97. The predicted octanol–water partition coefficient (Wildman–Crippen LogP) is -3.05. The SMILES string of the molecule is CC(C)C[C@H](N)C(=O)O[C@H](C)[C@H](N)C(=O)O.CC[C@H](C)[C@H](N)C(=O)O.NCCCC(N)C(=O)O.NCCCC[C@H](N)C(=O)O.N[C@@H](CC(=O)O)C(=O)O.N[C@@H](CCC(=O)O)C(=O)O. The van der Waals surface area contributed by atoms with Crippen LogP contribution in [0, 0.1) is 11.8 Å². The number of rotatable bonds is 25. The van der Waals surface area contributed by atoms with Crippen LogP contribution in [0.25, 0.3) is 0 Å². The molecule has 0 bridgehead atoms. The molecule has 372 valence electrons. The molecule has 1 unspecified atom stereocenters. The van der Waals surface area contributed by atoms with Gasteiger partial charge in [-0.2, -0.15) is 0 Å². The van der Waals surface area contributed by atoms with E-state index in [2.05, 4.69) is 0 Å². The minimum Gasteiger partial charge on any atom is -0.481 e. The number of hydrogen-bond donors (Lipinski definition) is 17. The molecular weight excluding hydrogens is 846 g/mol. The highest BCUT2D eigenvalue weighted by Crippen LogP contribution is 2.07. The highest BCUT2D eigenvalue weighted by molar-refractivity contribution is 5.80. The average Bonchev–Trinajstić information content (AvgIpc) is 3.18. The van der Waals surface area contributed by atoms with Crippen LogP contribution in [0.1, 0.15) is 98.8 Å². The molecule has 0 aliphatic rings. The Morgan fingerprint density at radius 2 is 0.857 bits per heavy atom. The fourth-order valence-electron chi connectivity index (χ4n) is 3.42. The average molecular weight is 922 g/mol. The third kappa shape index (κ3) is 49.4. The fraction of sp³-hybridized carbons (Fsp3) is 0.750. The third-order valence-corrected chi connectivity index (χ3v) is 7.68. The number of carbonyl (C=O) groups is 9. The summed E-state index contributed by atoms with van der Waals surface area (Å²) in [5, 5.41) is 65.8. The molecule has 0 radical (unpaired) electrons. The second-order valence-corrected chi connectivity index (χ2v) is 14.0. The number of ether oxygens (including phenoxy) is 1. The van der Waals surface area contributed by atoms with Crippen LogP contribution >= 0.6 is 0 Å². The first-order valence-electron chi connectivity index (χ1n) is 19.5. The van der Waals surface area contributed by atoms with E-state index < -0.39 is 109 Å². The predicted molar refractivity (Wildman–Crippen MR) is 226 cm³/mol. The van der Waals surface area contributed by atoms with Crippen molar-refractivity contribution in [2.24, 2.45) is 63.4 Å². The number of esters is 1. The molecule has 63 heavy (non-hydrogen) atoms. The molecule has 0 amide bonds. The van der Waals surface area contributed by atoms with Gasteiger partial charge >= 0.3 is 53.7 Å². The summed E-state index contributed by atoms with van der Waals surface area (Å²) >= 11 is 0. The lowest BCUT2D eigenvalue weighted by Crippen LogP contribution is -2.45. The van der Waals surface area contributed by atoms with E-state index in [4.69, 9.17) is 97.2 Å². The summed E-state index contributed by atoms with van der Waals surface area (Å²) < 4.78 is 4.87. The molecule has 0 heterocycles. The summed E-state index contributed by atoms with van der Waals surface area (Å²) in [6.45, 7) is 10.2. The van der Waals surface area contributed by atoms with Gasteiger partial charge in [0, 0.05) is 6.42 Å². The maximum atomic E-state index is 11.4. The first-order chi connectivity index (χ1) is 28.8. The van der Waals surface area contributed by atoms with Crippen molar-refractivity contribution in [3.05, 3.63) is 0 Å². The van der Waals surface area contributed by atoms with Gasteiger partial charge in [0.05, 0.1) is 6.42 Å². The van der Waals surface area contributed by atoms with Gasteiger partial charge in [-0.15, -0.1) is 0 Å². The highest BCUT2D eigenvalue weighted by atomic mass is 16.5. The highest BCUT2D eigenvalue weighted by Gasteiger charge is 2.26. The van der Waals surface area contributed by atoms with Gasteiger partial charge in [-0.1, -0.05) is 40.5 Å². The zero-order valence-electron chi connectivity index (χ0n) is 36.6. The number of nitrogens with two attached hydrogens (primary N) is 9. The Morgan fingerprint density at radius 3 is 1.13 bits per heavy atom. The minimum absolute atomic E-state index is 0.0231. The number of aliphatic carboxylic acids is 8. The lowest BCUT2D eigenvalue weighted by molar-refractivity contribution is -0.155. The van der Waals surface area contributed by atoms with Gasteiger partial charge in [0.2, 0.25) is 0 Å². The van der Waals surface area contributed by atoms with Crippen molar-refractivity contribution in [3.63, 3.8) is 0 Å². The molecule has 27 nitrogen and oxygen atoms in total. The molecule has 0 aliphatic heterocycles. The number of unbranched alkanes of at least 4 members (excludes halogenated alkanes) is 1. The Morgan fingerprint density at radius 1 is 0.476 bits per heavy atom. The van der Waals surface area contributed by atoms with E-state index in [-0.39, 0.29) is 24.7 Å². The number of carbonyl (C=O) groups excluding carboxylic acids is 1. The molecule has 0 saturated heterocycles.